The predicted octanol–water partition coefficient (Wildman–Crippen LogP) is 0.901. The molecule has 1 atom stereocenters. The van der Waals surface area contributed by atoms with Crippen molar-refractivity contribution in [3.8, 4) is 6.07 Å². The molecule has 0 aliphatic heterocycles. The molecule has 18 heavy (non-hydrogen) atoms. The van der Waals surface area contributed by atoms with Crippen LogP contribution in [-0.4, -0.2) is 23.1 Å². The summed E-state index contributed by atoms with van der Waals surface area (Å²) in [7, 11) is 1.83. The van der Waals surface area contributed by atoms with Crippen LogP contribution in [0.1, 0.15) is 31.5 Å². The molecule has 0 fully saturated rings. The number of aromatic nitrogens is 1. The van der Waals surface area contributed by atoms with Crippen LogP contribution in [0.4, 0.5) is 0 Å². The van der Waals surface area contributed by atoms with Crippen molar-refractivity contribution in [2.45, 2.75) is 32.9 Å². The molecule has 2 N–H and O–H groups in total. The summed E-state index contributed by atoms with van der Waals surface area (Å²) in [5.41, 5.74) is 1.62. The second kappa shape index (κ2) is 6.82. The first kappa shape index (κ1) is 14.3. The molecule has 0 saturated heterocycles. The molecule has 1 unspecified atom stereocenters. The molecule has 5 nitrogen and oxygen atoms in total. The molecule has 1 heterocycles. The molecule has 98 valence electrons. The summed E-state index contributed by atoms with van der Waals surface area (Å²) in [6, 6.07) is 3.70. The maximum absolute atomic E-state index is 11.6. The van der Waals surface area contributed by atoms with Crippen LogP contribution in [0.5, 0.6) is 0 Å². The van der Waals surface area contributed by atoms with Gasteiger partial charge in [0.2, 0.25) is 5.91 Å². The molecule has 1 rings (SSSR count). The Kier molecular flexibility index (Phi) is 5.40. The Morgan fingerprint density at radius 1 is 1.61 bits per heavy atom. The summed E-state index contributed by atoms with van der Waals surface area (Å²) in [6.07, 6.45) is 2.82. The van der Waals surface area contributed by atoms with Crippen molar-refractivity contribution in [3.05, 3.63) is 23.5 Å². The van der Waals surface area contributed by atoms with Gasteiger partial charge in [-0.25, -0.2) is 0 Å². The summed E-state index contributed by atoms with van der Waals surface area (Å²) in [4.78, 5) is 11.6. The van der Waals surface area contributed by atoms with E-state index in [4.69, 9.17) is 5.26 Å². The van der Waals surface area contributed by atoms with E-state index in [1.54, 1.807) is 4.57 Å². The van der Waals surface area contributed by atoms with Crippen LogP contribution < -0.4 is 10.6 Å². The van der Waals surface area contributed by atoms with Crippen molar-refractivity contribution in [2.24, 2.45) is 7.05 Å². The van der Waals surface area contributed by atoms with Gasteiger partial charge in [-0.3, -0.25) is 4.79 Å². The number of hydrogen-bond donors (Lipinski definition) is 2. The van der Waals surface area contributed by atoms with Crippen molar-refractivity contribution >= 4 is 5.91 Å². The molecule has 0 spiro atoms. The molecular formula is C13H20N4O. The van der Waals surface area contributed by atoms with E-state index in [0.29, 0.717) is 18.8 Å². The molecule has 1 aromatic heterocycles. The highest BCUT2D eigenvalue weighted by Crippen LogP contribution is 2.05. The van der Waals surface area contributed by atoms with Crippen molar-refractivity contribution in [3.63, 3.8) is 0 Å². The van der Waals surface area contributed by atoms with Crippen LogP contribution in [-0.2, 0) is 18.4 Å². The molecular weight excluding hydrogens is 228 g/mol. The van der Waals surface area contributed by atoms with E-state index >= 15 is 0 Å². The maximum Gasteiger partial charge on any atom is 0.236 e. The zero-order chi connectivity index (χ0) is 13.5. The van der Waals surface area contributed by atoms with Crippen molar-refractivity contribution in [1.82, 2.24) is 15.2 Å². The van der Waals surface area contributed by atoms with Gasteiger partial charge in [-0.05, 0) is 25.0 Å². The lowest BCUT2D eigenvalue weighted by molar-refractivity contribution is -0.122. The minimum atomic E-state index is -0.234. The summed E-state index contributed by atoms with van der Waals surface area (Å²) in [5, 5.41) is 14.8. The average Bonchev–Trinajstić information content (AvgIpc) is 2.73. The number of nitrogens with zero attached hydrogens (tertiary/aromatic N) is 2. The number of amides is 1. The highest BCUT2D eigenvalue weighted by molar-refractivity contribution is 5.81. The second-order valence-electron chi connectivity index (χ2n) is 4.35. The number of carbonyl (C=O) groups excluding carboxylic acids is 1. The van der Waals surface area contributed by atoms with Crippen LogP contribution in [0, 0.1) is 11.3 Å². The topological polar surface area (TPSA) is 69.8 Å². The zero-order valence-corrected chi connectivity index (χ0v) is 11.2. The second-order valence-corrected chi connectivity index (χ2v) is 4.35. The Balaban J connectivity index is 2.44. The van der Waals surface area contributed by atoms with Crippen LogP contribution in [0.2, 0.25) is 0 Å². The zero-order valence-electron chi connectivity index (χ0n) is 11.2. The molecule has 0 bridgehead atoms. The Bertz CT molecular complexity index is 444. The molecule has 0 aliphatic rings. The third-order valence-electron chi connectivity index (χ3n) is 2.73. The maximum atomic E-state index is 11.6. The van der Waals surface area contributed by atoms with Gasteiger partial charge in [-0.15, -0.1) is 0 Å². The van der Waals surface area contributed by atoms with Crippen molar-refractivity contribution < 1.29 is 4.79 Å². The molecule has 5 heteroatoms. The van der Waals surface area contributed by atoms with Gasteiger partial charge in [0, 0.05) is 26.3 Å². The molecule has 1 aromatic rings. The number of nitriles is 1. The van der Waals surface area contributed by atoms with Crippen LogP contribution >= 0.6 is 0 Å². The van der Waals surface area contributed by atoms with Gasteiger partial charge in [0.25, 0.3) is 0 Å². The minimum Gasteiger partial charge on any atom is -0.355 e. The Labute approximate surface area is 108 Å². The van der Waals surface area contributed by atoms with E-state index in [0.717, 1.165) is 12.0 Å². The largest absolute Gasteiger partial charge is 0.355 e. The van der Waals surface area contributed by atoms with E-state index in [2.05, 4.69) is 16.7 Å². The predicted molar refractivity (Wildman–Crippen MR) is 69.7 cm³/mol. The summed E-state index contributed by atoms with van der Waals surface area (Å²) in [6.45, 7) is 5.13. The van der Waals surface area contributed by atoms with E-state index in [1.807, 2.05) is 33.2 Å². The molecule has 0 aliphatic carbocycles. The Morgan fingerprint density at radius 3 is 2.89 bits per heavy atom. The first-order valence-electron chi connectivity index (χ1n) is 6.15. The fourth-order valence-electron chi connectivity index (χ4n) is 1.61. The van der Waals surface area contributed by atoms with Crippen molar-refractivity contribution in [1.29, 1.82) is 5.26 Å². The number of nitrogens with one attached hydrogen (secondary N) is 2. The molecule has 0 saturated carbocycles. The number of aryl methyl sites for hydroxylation is 1. The fraction of sp³-hybridized carbons (Fsp3) is 0.538. The number of hydrogen-bond acceptors (Lipinski definition) is 3. The smallest absolute Gasteiger partial charge is 0.236 e. The van der Waals surface area contributed by atoms with Crippen LogP contribution in [0.3, 0.4) is 0 Å². The monoisotopic (exact) mass is 248 g/mol. The van der Waals surface area contributed by atoms with E-state index < -0.39 is 0 Å². The quantitative estimate of drug-likeness (QED) is 0.786. The first-order chi connectivity index (χ1) is 8.58. The molecule has 1 amide bonds. The highest BCUT2D eigenvalue weighted by atomic mass is 16.2. The summed E-state index contributed by atoms with van der Waals surface area (Å²) >= 11 is 0. The Hall–Kier alpha value is -1.80. The third-order valence-corrected chi connectivity index (χ3v) is 2.73. The van der Waals surface area contributed by atoms with Crippen molar-refractivity contribution in [2.75, 3.05) is 6.54 Å². The highest BCUT2D eigenvalue weighted by Gasteiger charge is 2.11. The van der Waals surface area contributed by atoms with Crippen LogP contribution in [0.25, 0.3) is 0 Å². The summed E-state index contributed by atoms with van der Waals surface area (Å²) < 4.78 is 1.78. The third kappa shape index (κ3) is 3.90. The lowest BCUT2D eigenvalue weighted by Gasteiger charge is -2.12. The average molecular weight is 248 g/mol. The van der Waals surface area contributed by atoms with Gasteiger partial charge in [0.1, 0.15) is 11.8 Å². The van der Waals surface area contributed by atoms with E-state index in [9.17, 15) is 4.79 Å². The van der Waals surface area contributed by atoms with Gasteiger partial charge >= 0.3 is 0 Å². The standard InChI is InChI=1S/C13H20N4O/c1-4-5-15-13(18)10(2)16-8-11-6-12(7-14)17(3)9-11/h6,9-10,16H,4-5,8H2,1-3H3,(H,15,18). The first-order valence-corrected chi connectivity index (χ1v) is 6.15. The fourth-order valence-corrected chi connectivity index (χ4v) is 1.61. The number of carbonyl (C=O) groups is 1. The molecule has 0 radical (unpaired) electrons. The van der Waals surface area contributed by atoms with Gasteiger partial charge < -0.3 is 15.2 Å². The van der Waals surface area contributed by atoms with Gasteiger partial charge in [0.05, 0.1) is 6.04 Å². The molecule has 0 aromatic carbocycles. The minimum absolute atomic E-state index is 0.00767. The SMILES string of the molecule is CCCNC(=O)C(C)NCc1cc(C#N)n(C)c1. The van der Waals surface area contributed by atoms with E-state index in [1.165, 1.54) is 0 Å². The van der Waals surface area contributed by atoms with Gasteiger partial charge in [-0.1, -0.05) is 6.92 Å². The lowest BCUT2D eigenvalue weighted by atomic mass is 10.2. The van der Waals surface area contributed by atoms with Gasteiger partial charge in [-0.2, -0.15) is 5.26 Å². The normalized spacial score (nSPS) is 11.9. The lowest BCUT2D eigenvalue weighted by Crippen LogP contribution is -2.42. The number of rotatable bonds is 6. The van der Waals surface area contributed by atoms with Gasteiger partial charge in [0.15, 0.2) is 0 Å². The Morgan fingerprint density at radius 2 is 2.33 bits per heavy atom. The summed E-state index contributed by atoms with van der Waals surface area (Å²) in [5.74, 6) is 0.00767. The van der Waals surface area contributed by atoms with Crippen LogP contribution in [0.15, 0.2) is 12.3 Å². The van der Waals surface area contributed by atoms with E-state index in [-0.39, 0.29) is 11.9 Å².